The zero-order valence-corrected chi connectivity index (χ0v) is 9.23. The van der Waals surface area contributed by atoms with Crippen molar-refractivity contribution in [1.29, 1.82) is 0 Å². The molecular formula is C11H22O. The summed E-state index contributed by atoms with van der Waals surface area (Å²) in [5, 5.41) is 9.69. The van der Waals surface area contributed by atoms with Crippen LogP contribution in [-0.4, -0.2) is 10.7 Å². The fraction of sp³-hybridized carbons (Fsp3) is 1.00. The van der Waals surface area contributed by atoms with Gasteiger partial charge in [0.25, 0.3) is 0 Å². The fourth-order valence-electron chi connectivity index (χ4n) is 2.34. The van der Waals surface area contributed by atoms with Crippen molar-refractivity contribution in [3.8, 4) is 0 Å². The van der Waals surface area contributed by atoms with E-state index in [1.165, 1.54) is 0 Å². The van der Waals surface area contributed by atoms with Crippen LogP contribution in [0.1, 0.15) is 48.0 Å². The number of aliphatic hydroxyl groups is 1. The minimum atomic E-state index is -0.504. The lowest BCUT2D eigenvalue weighted by Crippen LogP contribution is -2.20. The highest BCUT2D eigenvalue weighted by atomic mass is 16.3. The monoisotopic (exact) mass is 170 g/mol. The summed E-state index contributed by atoms with van der Waals surface area (Å²) in [5.74, 6) is 0.671. The Labute approximate surface area is 76.2 Å². The van der Waals surface area contributed by atoms with Gasteiger partial charge in [0.05, 0.1) is 5.60 Å². The first-order valence-electron chi connectivity index (χ1n) is 4.81. The van der Waals surface area contributed by atoms with Gasteiger partial charge in [-0.2, -0.15) is 0 Å². The molecule has 1 aliphatic carbocycles. The van der Waals surface area contributed by atoms with E-state index in [0.717, 1.165) is 6.42 Å². The molecule has 0 atom stereocenters. The normalized spacial score (nSPS) is 27.2. The Morgan fingerprint density at radius 2 is 1.42 bits per heavy atom. The molecule has 0 spiro atoms. The topological polar surface area (TPSA) is 20.2 Å². The van der Waals surface area contributed by atoms with Gasteiger partial charge in [0.15, 0.2) is 0 Å². The molecule has 1 rings (SSSR count). The minimum Gasteiger partial charge on any atom is -0.390 e. The largest absolute Gasteiger partial charge is 0.390 e. The first kappa shape index (κ1) is 10.0. The second-order valence-corrected chi connectivity index (χ2v) is 6.01. The summed E-state index contributed by atoms with van der Waals surface area (Å²) in [6, 6.07) is 0. The predicted octanol–water partition coefficient (Wildman–Crippen LogP) is 2.83. The summed E-state index contributed by atoms with van der Waals surface area (Å²) in [7, 11) is 0. The second kappa shape index (κ2) is 2.25. The van der Waals surface area contributed by atoms with Crippen LogP contribution in [0.2, 0.25) is 0 Å². The molecule has 0 aromatic rings. The first-order valence-corrected chi connectivity index (χ1v) is 4.81. The van der Waals surface area contributed by atoms with Gasteiger partial charge in [0, 0.05) is 0 Å². The molecule has 0 radical (unpaired) electrons. The smallest absolute Gasteiger partial charge is 0.0594 e. The molecule has 1 aliphatic rings. The van der Waals surface area contributed by atoms with Gasteiger partial charge in [-0.15, -0.1) is 0 Å². The summed E-state index contributed by atoms with van der Waals surface area (Å²) < 4.78 is 0. The van der Waals surface area contributed by atoms with Crippen molar-refractivity contribution in [2.75, 3.05) is 0 Å². The van der Waals surface area contributed by atoms with E-state index in [1.54, 1.807) is 0 Å². The van der Waals surface area contributed by atoms with Crippen molar-refractivity contribution in [1.82, 2.24) is 0 Å². The standard InChI is InChI=1S/C11H22O/c1-9(2,12)7-8-10(3,4)11(8,5)6/h8,12H,7H2,1-6H3. The van der Waals surface area contributed by atoms with E-state index in [0.29, 0.717) is 16.7 Å². The Bertz CT molecular complexity index is 170. The van der Waals surface area contributed by atoms with Gasteiger partial charge < -0.3 is 5.11 Å². The van der Waals surface area contributed by atoms with Crippen LogP contribution in [0.3, 0.4) is 0 Å². The summed E-state index contributed by atoms with van der Waals surface area (Å²) in [4.78, 5) is 0. The van der Waals surface area contributed by atoms with Gasteiger partial charge in [0.2, 0.25) is 0 Å². The number of hydrogen-bond donors (Lipinski definition) is 1. The lowest BCUT2D eigenvalue weighted by Gasteiger charge is -2.17. The Morgan fingerprint density at radius 3 is 1.50 bits per heavy atom. The second-order valence-electron chi connectivity index (χ2n) is 6.01. The highest BCUT2D eigenvalue weighted by molar-refractivity contribution is 5.13. The molecule has 1 fully saturated rings. The van der Waals surface area contributed by atoms with E-state index in [9.17, 15) is 5.11 Å². The van der Waals surface area contributed by atoms with Crippen molar-refractivity contribution >= 4 is 0 Å². The van der Waals surface area contributed by atoms with Gasteiger partial charge in [-0.3, -0.25) is 0 Å². The van der Waals surface area contributed by atoms with E-state index >= 15 is 0 Å². The maximum atomic E-state index is 9.69. The molecule has 1 N–H and O–H groups in total. The van der Waals surface area contributed by atoms with Crippen LogP contribution in [0.4, 0.5) is 0 Å². The van der Waals surface area contributed by atoms with Gasteiger partial charge >= 0.3 is 0 Å². The molecule has 0 saturated heterocycles. The number of rotatable bonds is 2. The van der Waals surface area contributed by atoms with Crippen molar-refractivity contribution in [2.24, 2.45) is 16.7 Å². The van der Waals surface area contributed by atoms with Crippen LogP contribution >= 0.6 is 0 Å². The molecule has 12 heavy (non-hydrogen) atoms. The van der Waals surface area contributed by atoms with Crippen LogP contribution in [0.15, 0.2) is 0 Å². The molecule has 0 heterocycles. The molecular weight excluding hydrogens is 148 g/mol. The van der Waals surface area contributed by atoms with Crippen LogP contribution in [-0.2, 0) is 0 Å². The van der Waals surface area contributed by atoms with E-state index < -0.39 is 5.60 Å². The molecule has 0 aromatic carbocycles. The highest BCUT2D eigenvalue weighted by Crippen LogP contribution is 2.70. The third-order valence-corrected chi connectivity index (χ3v) is 4.02. The van der Waals surface area contributed by atoms with E-state index in [2.05, 4.69) is 27.7 Å². The molecule has 1 saturated carbocycles. The van der Waals surface area contributed by atoms with Crippen LogP contribution < -0.4 is 0 Å². The Balaban J connectivity index is 2.61. The number of hydrogen-bond acceptors (Lipinski definition) is 1. The zero-order chi connectivity index (χ0) is 9.78. The molecule has 0 unspecified atom stereocenters. The van der Waals surface area contributed by atoms with E-state index in [4.69, 9.17) is 0 Å². The van der Waals surface area contributed by atoms with Crippen molar-refractivity contribution in [2.45, 2.75) is 53.6 Å². The van der Waals surface area contributed by atoms with Crippen LogP contribution in [0.5, 0.6) is 0 Å². The maximum absolute atomic E-state index is 9.69. The summed E-state index contributed by atoms with van der Waals surface area (Å²) in [6.07, 6.45) is 0.924. The van der Waals surface area contributed by atoms with Gasteiger partial charge in [-0.05, 0) is 37.0 Å². The van der Waals surface area contributed by atoms with Crippen molar-refractivity contribution in [3.63, 3.8) is 0 Å². The predicted molar refractivity (Wildman–Crippen MR) is 52.0 cm³/mol. The first-order chi connectivity index (χ1) is 5.09. The average molecular weight is 170 g/mol. The zero-order valence-electron chi connectivity index (χ0n) is 9.23. The fourth-order valence-corrected chi connectivity index (χ4v) is 2.34. The summed E-state index contributed by atoms with van der Waals surface area (Å²) >= 11 is 0. The van der Waals surface area contributed by atoms with Gasteiger partial charge in [-0.1, -0.05) is 27.7 Å². The van der Waals surface area contributed by atoms with E-state index in [-0.39, 0.29) is 0 Å². The quantitative estimate of drug-likeness (QED) is 0.675. The molecule has 0 aliphatic heterocycles. The Hall–Kier alpha value is -0.0400. The van der Waals surface area contributed by atoms with Crippen LogP contribution in [0.25, 0.3) is 0 Å². The summed E-state index contributed by atoms with van der Waals surface area (Å²) in [5.41, 5.74) is 0.315. The average Bonchev–Trinajstić information content (AvgIpc) is 2.09. The lowest BCUT2D eigenvalue weighted by molar-refractivity contribution is 0.0589. The molecule has 0 aromatic heterocycles. The van der Waals surface area contributed by atoms with Crippen LogP contribution in [0, 0.1) is 16.7 Å². The summed E-state index contributed by atoms with van der Waals surface area (Å²) in [6.45, 7) is 13.0. The third-order valence-electron chi connectivity index (χ3n) is 4.02. The Morgan fingerprint density at radius 1 is 1.08 bits per heavy atom. The molecule has 72 valence electrons. The molecule has 1 nitrogen and oxygen atoms in total. The lowest BCUT2D eigenvalue weighted by atomic mass is 9.97. The van der Waals surface area contributed by atoms with Gasteiger partial charge in [0.1, 0.15) is 0 Å². The Kier molecular flexibility index (Phi) is 1.89. The third kappa shape index (κ3) is 1.39. The van der Waals surface area contributed by atoms with Crippen molar-refractivity contribution < 1.29 is 5.11 Å². The molecule has 1 heteroatoms. The van der Waals surface area contributed by atoms with E-state index in [1.807, 2.05) is 13.8 Å². The SMILES string of the molecule is CC(C)(O)CC1C(C)(C)C1(C)C. The molecule has 0 bridgehead atoms. The van der Waals surface area contributed by atoms with Crippen molar-refractivity contribution in [3.05, 3.63) is 0 Å². The highest BCUT2D eigenvalue weighted by Gasteiger charge is 2.64. The maximum Gasteiger partial charge on any atom is 0.0594 e. The van der Waals surface area contributed by atoms with Gasteiger partial charge in [-0.25, -0.2) is 0 Å². The molecule has 0 amide bonds. The minimum absolute atomic E-state index is 0.410.